The minimum atomic E-state index is -0.631. The topological polar surface area (TPSA) is 116 Å². The lowest BCUT2D eigenvalue weighted by Crippen LogP contribution is -2.42. The first-order valence-corrected chi connectivity index (χ1v) is 6.37. The van der Waals surface area contributed by atoms with Crippen molar-refractivity contribution in [3.05, 3.63) is 44.0 Å². The van der Waals surface area contributed by atoms with Gasteiger partial charge in [-0.15, -0.1) is 0 Å². The molecule has 0 amide bonds. The molecule has 1 heterocycles. The monoisotopic (exact) mass is 280 g/mol. The second-order valence-corrected chi connectivity index (χ2v) is 4.96. The molecule has 1 aromatic rings. The summed E-state index contributed by atoms with van der Waals surface area (Å²) >= 11 is 0. The highest BCUT2D eigenvalue weighted by Crippen LogP contribution is 2.26. The zero-order valence-electron chi connectivity index (χ0n) is 10.9. The summed E-state index contributed by atoms with van der Waals surface area (Å²) < 4.78 is 0. The Balaban J connectivity index is 2.22. The van der Waals surface area contributed by atoms with Gasteiger partial charge in [0.2, 0.25) is 0 Å². The normalized spacial score (nSPS) is 19.8. The van der Waals surface area contributed by atoms with Crippen LogP contribution in [0.1, 0.15) is 18.4 Å². The average molecular weight is 280 g/mol. The van der Waals surface area contributed by atoms with Crippen LogP contribution >= 0.6 is 0 Å². The van der Waals surface area contributed by atoms with Gasteiger partial charge in [-0.05, 0) is 25.5 Å². The van der Waals surface area contributed by atoms with E-state index < -0.39 is 9.85 Å². The van der Waals surface area contributed by atoms with Crippen LogP contribution in [0.3, 0.4) is 0 Å². The zero-order valence-corrected chi connectivity index (χ0v) is 10.9. The van der Waals surface area contributed by atoms with Crippen LogP contribution < -0.4 is 5.73 Å². The van der Waals surface area contributed by atoms with Crippen molar-refractivity contribution in [1.82, 2.24) is 4.90 Å². The fraction of sp³-hybridized carbons (Fsp3) is 0.500. The number of nitrogens with zero attached hydrogens (tertiary/aromatic N) is 3. The van der Waals surface area contributed by atoms with Gasteiger partial charge in [0.05, 0.1) is 15.9 Å². The third-order valence-corrected chi connectivity index (χ3v) is 3.41. The van der Waals surface area contributed by atoms with E-state index in [0.717, 1.165) is 25.5 Å². The molecule has 0 saturated carbocycles. The Morgan fingerprint density at radius 1 is 1.30 bits per heavy atom. The second kappa shape index (κ2) is 5.93. The van der Waals surface area contributed by atoms with E-state index in [0.29, 0.717) is 18.7 Å². The fourth-order valence-electron chi connectivity index (χ4n) is 2.45. The standard InChI is InChI=1S/C12H16N4O4/c13-10-2-1-5-14(8-10)7-9-3-4-11(15(17)18)6-12(9)16(19)20/h3-4,6,10H,1-2,5,7-8,13H2. The number of rotatable bonds is 4. The van der Waals surface area contributed by atoms with Gasteiger partial charge in [-0.3, -0.25) is 25.1 Å². The van der Waals surface area contributed by atoms with Gasteiger partial charge in [0.15, 0.2) is 0 Å². The Morgan fingerprint density at radius 3 is 2.65 bits per heavy atom. The first kappa shape index (κ1) is 14.4. The molecule has 0 radical (unpaired) electrons. The summed E-state index contributed by atoms with van der Waals surface area (Å²) in [5, 5.41) is 21.7. The second-order valence-electron chi connectivity index (χ2n) is 4.96. The molecular weight excluding hydrogens is 264 g/mol. The first-order valence-electron chi connectivity index (χ1n) is 6.37. The lowest BCUT2D eigenvalue weighted by Gasteiger charge is -2.30. The molecule has 2 rings (SSSR count). The van der Waals surface area contributed by atoms with Crippen molar-refractivity contribution in [2.24, 2.45) is 5.73 Å². The van der Waals surface area contributed by atoms with Crippen molar-refractivity contribution in [3.63, 3.8) is 0 Å². The third kappa shape index (κ3) is 3.28. The van der Waals surface area contributed by atoms with Crippen LogP contribution in [0.2, 0.25) is 0 Å². The van der Waals surface area contributed by atoms with Gasteiger partial charge < -0.3 is 5.73 Å². The number of likely N-dealkylation sites (tertiary alicyclic amines) is 1. The summed E-state index contributed by atoms with van der Waals surface area (Å²) in [5.74, 6) is 0. The molecular formula is C12H16N4O4. The summed E-state index contributed by atoms with van der Waals surface area (Å²) in [6.45, 7) is 1.91. The van der Waals surface area contributed by atoms with Gasteiger partial charge in [0.1, 0.15) is 0 Å². The quantitative estimate of drug-likeness (QED) is 0.658. The molecule has 8 heteroatoms. The summed E-state index contributed by atoms with van der Waals surface area (Å²) in [6, 6.07) is 3.85. The summed E-state index contributed by atoms with van der Waals surface area (Å²) in [4.78, 5) is 22.6. The van der Waals surface area contributed by atoms with E-state index in [9.17, 15) is 20.2 Å². The number of non-ortho nitro benzene ring substituents is 1. The maximum Gasteiger partial charge on any atom is 0.280 e. The Bertz CT molecular complexity index is 534. The van der Waals surface area contributed by atoms with Crippen LogP contribution in [0, 0.1) is 20.2 Å². The molecule has 1 fully saturated rings. The van der Waals surface area contributed by atoms with Crippen molar-refractivity contribution >= 4 is 11.4 Å². The molecule has 20 heavy (non-hydrogen) atoms. The number of benzene rings is 1. The number of nitro groups is 2. The van der Waals surface area contributed by atoms with E-state index in [1.54, 1.807) is 0 Å². The Labute approximate surface area is 115 Å². The maximum absolute atomic E-state index is 11.0. The van der Waals surface area contributed by atoms with Crippen LogP contribution in [-0.2, 0) is 6.54 Å². The first-order chi connectivity index (χ1) is 9.47. The van der Waals surface area contributed by atoms with Crippen molar-refractivity contribution in [3.8, 4) is 0 Å². The average Bonchev–Trinajstić information content (AvgIpc) is 2.38. The van der Waals surface area contributed by atoms with E-state index in [-0.39, 0.29) is 17.4 Å². The molecule has 8 nitrogen and oxygen atoms in total. The lowest BCUT2D eigenvalue weighted by atomic mass is 10.0. The molecule has 0 aliphatic carbocycles. The summed E-state index contributed by atoms with van der Waals surface area (Å²) in [5.41, 5.74) is 5.88. The molecule has 0 spiro atoms. The molecule has 1 unspecified atom stereocenters. The van der Waals surface area contributed by atoms with Gasteiger partial charge >= 0.3 is 0 Å². The molecule has 1 aliphatic heterocycles. The van der Waals surface area contributed by atoms with Crippen LogP contribution in [0.15, 0.2) is 18.2 Å². The van der Waals surface area contributed by atoms with Gasteiger partial charge in [0, 0.05) is 30.8 Å². The predicted octanol–water partition coefficient (Wildman–Crippen LogP) is 1.43. The number of hydrogen-bond donors (Lipinski definition) is 1. The Kier molecular flexibility index (Phi) is 4.26. The van der Waals surface area contributed by atoms with Gasteiger partial charge in [-0.25, -0.2) is 0 Å². The van der Waals surface area contributed by atoms with Gasteiger partial charge in [0.25, 0.3) is 11.4 Å². The number of nitro benzene ring substituents is 2. The van der Waals surface area contributed by atoms with E-state index in [1.165, 1.54) is 12.1 Å². The lowest BCUT2D eigenvalue weighted by molar-refractivity contribution is -0.394. The highest BCUT2D eigenvalue weighted by atomic mass is 16.6. The van der Waals surface area contributed by atoms with Gasteiger partial charge in [-0.1, -0.05) is 0 Å². The van der Waals surface area contributed by atoms with E-state index >= 15 is 0 Å². The molecule has 2 N–H and O–H groups in total. The predicted molar refractivity (Wildman–Crippen MR) is 72.2 cm³/mol. The fourth-order valence-corrected chi connectivity index (χ4v) is 2.45. The highest BCUT2D eigenvalue weighted by Gasteiger charge is 2.23. The molecule has 1 aliphatic rings. The summed E-state index contributed by atoms with van der Waals surface area (Å²) in [6.07, 6.45) is 1.92. The van der Waals surface area contributed by atoms with Crippen molar-refractivity contribution in [2.45, 2.75) is 25.4 Å². The number of nitrogens with two attached hydrogens (primary N) is 1. The van der Waals surface area contributed by atoms with Crippen molar-refractivity contribution < 1.29 is 9.85 Å². The molecule has 1 aromatic carbocycles. The van der Waals surface area contributed by atoms with Crippen LogP contribution in [0.4, 0.5) is 11.4 Å². The molecule has 108 valence electrons. The SMILES string of the molecule is NC1CCCN(Cc2ccc([N+](=O)[O-])cc2[N+](=O)[O-])C1. The smallest absolute Gasteiger partial charge is 0.280 e. The maximum atomic E-state index is 11.0. The Morgan fingerprint density at radius 2 is 2.05 bits per heavy atom. The molecule has 0 aromatic heterocycles. The van der Waals surface area contributed by atoms with Crippen LogP contribution in [0.25, 0.3) is 0 Å². The zero-order chi connectivity index (χ0) is 14.7. The van der Waals surface area contributed by atoms with E-state index in [2.05, 4.69) is 0 Å². The summed E-state index contributed by atoms with van der Waals surface area (Å²) in [7, 11) is 0. The Hall–Kier alpha value is -2.06. The highest BCUT2D eigenvalue weighted by molar-refractivity contribution is 5.49. The molecule has 0 bridgehead atoms. The minimum absolute atomic E-state index is 0.0841. The molecule has 1 saturated heterocycles. The largest absolute Gasteiger partial charge is 0.327 e. The van der Waals surface area contributed by atoms with Gasteiger partial charge in [-0.2, -0.15) is 0 Å². The van der Waals surface area contributed by atoms with Crippen molar-refractivity contribution in [2.75, 3.05) is 13.1 Å². The van der Waals surface area contributed by atoms with E-state index in [1.807, 2.05) is 4.90 Å². The molecule has 1 atom stereocenters. The van der Waals surface area contributed by atoms with E-state index in [4.69, 9.17) is 5.73 Å². The number of hydrogen-bond acceptors (Lipinski definition) is 6. The van der Waals surface area contributed by atoms with Crippen LogP contribution in [-0.4, -0.2) is 33.9 Å². The third-order valence-electron chi connectivity index (χ3n) is 3.41. The number of piperidine rings is 1. The van der Waals surface area contributed by atoms with Crippen LogP contribution in [0.5, 0.6) is 0 Å². The minimum Gasteiger partial charge on any atom is -0.327 e. The van der Waals surface area contributed by atoms with Crippen molar-refractivity contribution in [1.29, 1.82) is 0 Å².